The van der Waals surface area contributed by atoms with Crippen molar-refractivity contribution in [2.24, 2.45) is 0 Å². The first-order valence-corrected chi connectivity index (χ1v) is 7.57. The summed E-state index contributed by atoms with van der Waals surface area (Å²) in [4.78, 5) is 26.5. The van der Waals surface area contributed by atoms with Gasteiger partial charge in [0.05, 0.1) is 0 Å². The van der Waals surface area contributed by atoms with E-state index < -0.39 is 0 Å². The zero-order valence-corrected chi connectivity index (χ0v) is 13.3. The topological polar surface area (TPSA) is 62.0 Å². The highest BCUT2D eigenvalue weighted by Gasteiger charge is 2.06. The van der Waals surface area contributed by atoms with Crippen molar-refractivity contribution < 1.29 is 4.79 Å². The van der Waals surface area contributed by atoms with Crippen LogP contribution in [0.2, 0.25) is 5.02 Å². The number of H-pyrrole nitrogens is 1. The van der Waals surface area contributed by atoms with Crippen LogP contribution in [0.4, 0.5) is 0 Å². The van der Waals surface area contributed by atoms with Gasteiger partial charge in [-0.05, 0) is 60.3 Å². The molecule has 1 amide bonds. The van der Waals surface area contributed by atoms with Crippen LogP contribution in [0.25, 0.3) is 10.9 Å². The molecule has 2 N–H and O–H groups in total. The number of halogens is 1. The molecule has 0 fully saturated rings. The molecular weight excluding hydrogens is 312 g/mol. The Bertz CT molecular complexity index is 930. The van der Waals surface area contributed by atoms with Crippen LogP contribution in [-0.4, -0.2) is 10.9 Å². The summed E-state index contributed by atoms with van der Waals surface area (Å²) in [5.74, 6) is -0.153. The summed E-state index contributed by atoms with van der Waals surface area (Å²) >= 11 is 5.81. The Morgan fingerprint density at radius 2 is 1.87 bits per heavy atom. The second-order valence-corrected chi connectivity index (χ2v) is 5.83. The summed E-state index contributed by atoms with van der Waals surface area (Å²) in [6.07, 6.45) is 0. The van der Waals surface area contributed by atoms with Gasteiger partial charge < -0.3 is 10.3 Å². The summed E-state index contributed by atoms with van der Waals surface area (Å²) < 4.78 is 0. The number of pyridine rings is 1. The average Bonchev–Trinajstić information content (AvgIpc) is 2.54. The molecule has 1 heterocycles. The Kier molecular flexibility index (Phi) is 4.17. The number of nitrogens with one attached hydrogen (secondary N) is 2. The molecule has 0 atom stereocenters. The number of aromatic amines is 1. The molecule has 0 aliphatic carbocycles. The standard InChI is InChI=1S/C18H15ClN2O2/c1-11-8-14-9-12(2-7-16(14)21-17(11)22)10-20-18(23)13-3-5-15(19)6-4-13/h2-9H,10H2,1H3,(H,20,23)(H,21,22). The maximum atomic E-state index is 12.1. The molecule has 3 aromatic rings. The van der Waals surface area contributed by atoms with Gasteiger partial charge in [0.2, 0.25) is 0 Å². The monoisotopic (exact) mass is 326 g/mol. The van der Waals surface area contributed by atoms with E-state index in [1.54, 1.807) is 31.2 Å². The second-order valence-electron chi connectivity index (χ2n) is 5.39. The number of benzene rings is 2. The maximum absolute atomic E-state index is 12.1. The molecule has 5 heteroatoms. The number of fused-ring (bicyclic) bond motifs is 1. The number of amides is 1. The zero-order valence-electron chi connectivity index (χ0n) is 12.5. The Hall–Kier alpha value is -2.59. The predicted octanol–water partition coefficient (Wildman–Crippen LogP) is 3.42. The lowest BCUT2D eigenvalue weighted by atomic mass is 10.1. The van der Waals surface area contributed by atoms with E-state index in [4.69, 9.17) is 11.6 Å². The van der Waals surface area contributed by atoms with Crippen molar-refractivity contribution in [3.05, 3.63) is 80.6 Å². The van der Waals surface area contributed by atoms with Crippen molar-refractivity contribution in [2.45, 2.75) is 13.5 Å². The number of aryl methyl sites for hydroxylation is 1. The Morgan fingerprint density at radius 3 is 2.61 bits per heavy atom. The smallest absolute Gasteiger partial charge is 0.251 e. The molecule has 0 saturated carbocycles. The molecular formula is C18H15ClN2O2. The number of aromatic nitrogens is 1. The van der Waals surface area contributed by atoms with Crippen molar-refractivity contribution in [2.75, 3.05) is 0 Å². The highest BCUT2D eigenvalue weighted by molar-refractivity contribution is 6.30. The molecule has 0 aliphatic rings. The van der Waals surface area contributed by atoms with Gasteiger partial charge in [-0.2, -0.15) is 0 Å². The second kappa shape index (κ2) is 6.26. The van der Waals surface area contributed by atoms with Gasteiger partial charge in [-0.25, -0.2) is 0 Å². The average molecular weight is 327 g/mol. The highest BCUT2D eigenvalue weighted by atomic mass is 35.5. The minimum absolute atomic E-state index is 0.0821. The van der Waals surface area contributed by atoms with E-state index in [1.807, 2.05) is 24.3 Å². The first-order chi connectivity index (χ1) is 11.0. The summed E-state index contributed by atoms with van der Waals surface area (Å²) in [6.45, 7) is 2.18. The molecule has 2 aromatic carbocycles. The quantitative estimate of drug-likeness (QED) is 0.774. The first kappa shape index (κ1) is 15.3. The molecule has 23 heavy (non-hydrogen) atoms. The normalized spacial score (nSPS) is 10.7. The van der Waals surface area contributed by atoms with Crippen LogP contribution in [0.15, 0.2) is 53.3 Å². The van der Waals surface area contributed by atoms with E-state index in [0.29, 0.717) is 22.7 Å². The van der Waals surface area contributed by atoms with Crippen LogP contribution < -0.4 is 10.9 Å². The SMILES string of the molecule is Cc1cc2cc(CNC(=O)c3ccc(Cl)cc3)ccc2[nH]c1=O. The summed E-state index contributed by atoms with van der Waals surface area (Å²) in [5.41, 5.74) is 2.90. The number of hydrogen-bond acceptors (Lipinski definition) is 2. The molecule has 0 unspecified atom stereocenters. The number of carbonyl (C=O) groups is 1. The van der Waals surface area contributed by atoms with Crippen LogP contribution in [0.5, 0.6) is 0 Å². The van der Waals surface area contributed by atoms with Crippen LogP contribution in [0.3, 0.4) is 0 Å². The zero-order chi connectivity index (χ0) is 16.4. The Balaban J connectivity index is 1.76. The van der Waals surface area contributed by atoms with Crippen molar-refractivity contribution in [3.8, 4) is 0 Å². The Labute approximate surface area is 138 Å². The predicted molar refractivity (Wildman–Crippen MR) is 91.9 cm³/mol. The van der Waals surface area contributed by atoms with Crippen LogP contribution in [0, 0.1) is 6.92 Å². The van der Waals surface area contributed by atoms with Crippen LogP contribution in [0.1, 0.15) is 21.5 Å². The first-order valence-electron chi connectivity index (χ1n) is 7.19. The molecule has 0 bridgehead atoms. The number of hydrogen-bond donors (Lipinski definition) is 2. The fourth-order valence-electron chi connectivity index (χ4n) is 2.36. The number of rotatable bonds is 3. The third kappa shape index (κ3) is 3.43. The molecule has 0 aliphatic heterocycles. The van der Waals surface area contributed by atoms with E-state index in [0.717, 1.165) is 16.5 Å². The minimum atomic E-state index is -0.153. The van der Waals surface area contributed by atoms with Crippen molar-refractivity contribution in [1.29, 1.82) is 0 Å². The van der Waals surface area contributed by atoms with E-state index in [2.05, 4.69) is 10.3 Å². The van der Waals surface area contributed by atoms with Gasteiger partial charge in [0.25, 0.3) is 11.5 Å². The van der Waals surface area contributed by atoms with Crippen LogP contribution in [-0.2, 0) is 6.54 Å². The lowest BCUT2D eigenvalue weighted by molar-refractivity contribution is 0.0951. The molecule has 4 nitrogen and oxygen atoms in total. The summed E-state index contributed by atoms with van der Waals surface area (Å²) in [6, 6.07) is 14.3. The van der Waals surface area contributed by atoms with Crippen molar-refractivity contribution >= 4 is 28.4 Å². The van der Waals surface area contributed by atoms with Gasteiger partial charge in [-0.3, -0.25) is 9.59 Å². The van der Waals surface area contributed by atoms with Gasteiger partial charge in [0.1, 0.15) is 0 Å². The van der Waals surface area contributed by atoms with E-state index >= 15 is 0 Å². The van der Waals surface area contributed by atoms with E-state index in [1.165, 1.54) is 0 Å². The third-order valence-corrected chi connectivity index (χ3v) is 3.91. The summed E-state index contributed by atoms with van der Waals surface area (Å²) in [7, 11) is 0. The van der Waals surface area contributed by atoms with Crippen molar-refractivity contribution in [1.82, 2.24) is 10.3 Å². The van der Waals surface area contributed by atoms with Gasteiger partial charge >= 0.3 is 0 Å². The molecule has 0 radical (unpaired) electrons. The maximum Gasteiger partial charge on any atom is 0.251 e. The summed E-state index contributed by atoms with van der Waals surface area (Å²) in [5, 5.41) is 4.41. The molecule has 0 spiro atoms. The molecule has 116 valence electrons. The fourth-order valence-corrected chi connectivity index (χ4v) is 2.49. The lowest BCUT2D eigenvalue weighted by Crippen LogP contribution is -2.22. The lowest BCUT2D eigenvalue weighted by Gasteiger charge is -2.07. The largest absolute Gasteiger partial charge is 0.348 e. The van der Waals surface area contributed by atoms with Gasteiger partial charge in [0.15, 0.2) is 0 Å². The van der Waals surface area contributed by atoms with Gasteiger partial charge in [0, 0.05) is 28.2 Å². The molecule has 1 aromatic heterocycles. The Morgan fingerprint density at radius 1 is 1.13 bits per heavy atom. The molecule has 3 rings (SSSR count). The number of carbonyl (C=O) groups excluding carboxylic acids is 1. The van der Waals surface area contributed by atoms with Crippen LogP contribution >= 0.6 is 11.6 Å². The van der Waals surface area contributed by atoms with Crippen molar-refractivity contribution in [3.63, 3.8) is 0 Å². The van der Waals surface area contributed by atoms with Gasteiger partial charge in [-0.15, -0.1) is 0 Å². The fraction of sp³-hybridized carbons (Fsp3) is 0.111. The minimum Gasteiger partial charge on any atom is -0.348 e. The highest BCUT2D eigenvalue weighted by Crippen LogP contribution is 2.14. The van der Waals surface area contributed by atoms with Gasteiger partial charge in [-0.1, -0.05) is 17.7 Å². The third-order valence-electron chi connectivity index (χ3n) is 3.65. The molecule has 0 saturated heterocycles. The van der Waals surface area contributed by atoms with E-state index in [-0.39, 0.29) is 11.5 Å². The van der Waals surface area contributed by atoms with E-state index in [9.17, 15) is 9.59 Å².